The Hall–Kier alpha value is -1.15. The fourth-order valence-corrected chi connectivity index (χ4v) is 0.725. The summed E-state index contributed by atoms with van der Waals surface area (Å²) >= 11 is 0. The highest BCUT2D eigenvalue weighted by Crippen LogP contribution is 1.99. The van der Waals surface area contributed by atoms with E-state index in [1.54, 1.807) is 25.4 Å². The number of hydrogen-bond acceptors (Lipinski definition) is 2. The highest BCUT2D eigenvalue weighted by Gasteiger charge is 1.86. The van der Waals surface area contributed by atoms with Gasteiger partial charge in [-0.2, -0.15) is 0 Å². The third kappa shape index (κ3) is 2.96. The maximum absolute atomic E-state index is 8.91. The molecule has 0 fully saturated rings. The Balaban J connectivity index is 2.65. The molecule has 0 spiro atoms. The van der Waals surface area contributed by atoms with Crippen molar-refractivity contribution in [2.45, 2.75) is 13.0 Å². The minimum atomic E-state index is -0.393. The summed E-state index contributed by atoms with van der Waals surface area (Å²) in [5.41, 5.74) is 1.01. The molecule has 1 unspecified atom stereocenters. The normalized spacial score (nSPS) is 13.6. The van der Waals surface area contributed by atoms with Gasteiger partial charge in [-0.15, -0.1) is 0 Å². The van der Waals surface area contributed by atoms with Crippen LogP contribution in [0.5, 0.6) is 0 Å². The molecule has 0 aliphatic carbocycles. The number of rotatable bonds is 2. The molecule has 0 aromatic carbocycles. The summed E-state index contributed by atoms with van der Waals surface area (Å²) in [6.07, 6.45) is 6.64. The van der Waals surface area contributed by atoms with Gasteiger partial charge in [-0.25, -0.2) is 0 Å². The van der Waals surface area contributed by atoms with E-state index in [4.69, 9.17) is 5.11 Å². The summed E-state index contributed by atoms with van der Waals surface area (Å²) in [6.45, 7) is 1.72. The van der Waals surface area contributed by atoms with Crippen molar-refractivity contribution in [1.82, 2.24) is 4.98 Å². The molecule has 0 saturated carbocycles. The van der Waals surface area contributed by atoms with Crippen LogP contribution < -0.4 is 0 Å². The van der Waals surface area contributed by atoms with Gasteiger partial charge in [-0.3, -0.25) is 4.98 Å². The minimum Gasteiger partial charge on any atom is -0.389 e. The van der Waals surface area contributed by atoms with Crippen LogP contribution in [-0.4, -0.2) is 16.2 Å². The Morgan fingerprint density at radius 1 is 1.64 bits per heavy atom. The van der Waals surface area contributed by atoms with Crippen molar-refractivity contribution >= 4 is 6.08 Å². The van der Waals surface area contributed by atoms with Gasteiger partial charge in [-0.05, 0) is 18.6 Å². The molecule has 1 atom stereocenters. The van der Waals surface area contributed by atoms with E-state index in [9.17, 15) is 0 Å². The predicted octanol–water partition coefficient (Wildman–Crippen LogP) is 1.48. The Bertz CT molecular complexity index is 229. The van der Waals surface area contributed by atoms with Crippen LogP contribution in [0.15, 0.2) is 30.6 Å². The number of nitrogens with zero attached hydrogens (tertiary/aromatic N) is 1. The molecule has 0 aliphatic heterocycles. The van der Waals surface area contributed by atoms with Crippen molar-refractivity contribution in [1.29, 1.82) is 0 Å². The number of aliphatic hydroxyl groups is 1. The van der Waals surface area contributed by atoms with E-state index >= 15 is 0 Å². The van der Waals surface area contributed by atoms with Crippen molar-refractivity contribution in [2.24, 2.45) is 0 Å². The quantitative estimate of drug-likeness (QED) is 0.690. The molecule has 0 aliphatic rings. The first kappa shape index (κ1) is 7.95. The summed E-state index contributed by atoms with van der Waals surface area (Å²) in [5, 5.41) is 8.91. The van der Waals surface area contributed by atoms with Gasteiger partial charge in [0.05, 0.1) is 6.10 Å². The summed E-state index contributed by atoms with van der Waals surface area (Å²) in [4.78, 5) is 3.93. The summed E-state index contributed by atoms with van der Waals surface area (Å²) in [7, 11) is 0. The lowest BCUT2D eigenvalue weighted by Gasteiger charge is -1.93. The molecule has 0 radical (unpaired) electrons. The van der Waals surface area contributed by atoms with Gasteiger partial charge in [0.25, 0.3) is 0 Å². The van der Waals surface area contributed by atoms with Gasteiger partial charge in [0, 0.05) is 12.4 Å². The number of hydrogen-bond donors (Lipinski definition) is 1. The third-order valence-electron chi connectivity index (χ3n) is 1.25. The van der Waals surface area contributed by atoms with Gasteiger partial charge < -0.3 is 5.11 Å². The van der Waals surface area contributed by atoms with Gasteiger partial charge in [-0.1, -0.05) is 18.2 Å². The topological polar surface area (TPSA) is 33.1 Å². The first-order valence-corrected chi connectivity index (χ1v) is 3.55. The Labute approximate surface area is 66.2 Å². The van der Waals surface area contributed by atoms with Crippen molar-refractivity contribution in [2.75, 3.05) is 0 Å². The number of aromatic nitrogens is 1. The molecule has 1 heterocycles. The van der Waals surface area contributed by atoms with Crippen LogP contribution in [0.4, 0.5) is 0 Å². The molecule has 1 aromatic heterocycles. The molecule has 1 N–H and O–H groups in total. The first-order chi connectivity index (χ1) is 5.29. The van der Waals surface area contributed by atoms with E-state index in [2.05, 4.69) is 4.98 Å². The van der Waals surface area contributed by atoms with Crippen molar-refractivity contribution in [3.63, 3.8) is 0 Å². The standard InChI is InChI=1S/C9H11NO/c1-8(11)4-5-9-3-2-6-10-7-9/h2-8,11H,1H3/b5-4+. The lowest BCUT2D eigenvalue weighted by Crippen LogP contribution is -1.91. The second-order valence-corrected chi connectivity index (χ2v) is 2.39. The van der Waals surface area contributed by atoms with Crippen LogP contribution in [0.25, 0.3) is 6.08 Å². The maximum atomic E-state index is 8.91. The van der Waals surface area contributed by atoms with Gasteiger partial charge in [0.15, 0.2) is 0 Å². The molecule has 1 aromatic rings. The predicted molar refractivity (Wildman–Crippen MR) is 45.0 cm³/mol. The fourth-order valence-electron chi connectivity index (χ4n) is 0.725. The zero-order valence-electron chi connectivity index (χ0n) is 6.44. The molecule has 58 valence electrons. The van der Waals surface area contributed by atoms with E-state index in [1.165, 1.54) is 0 Å². The molecular formula is C9H11NO. The lowest BCUT2D eigenvalue weighted by atomic mass is 10.2. The van der Waals surface area contributed by atoms with Crippen LogP contribution in [0.1, 0.15) is 12.5 Å². The van der Waals surface area contributed by atoms with Gasteiger partial charge >= 0.3 is 0 Å². The molecule has 0 amide bonds. The Kier molecular flexibility index (Phi) is 2.81. The summed E-state index contributed by atoms with van der Waals surface area (Å²) in [6, 6.07) is 3.80. The largest absolute Gasteiger partial charge is 0.389 e. The van der Waals surface area contributed by atoms with Crippen LogP contribution in [0, 0.1) is 0 Å². The van der Waals surface area contributed by atoms with Gasteiger partial charge in [0.2, 0.25) is 0 Å². The molecule has 2 heteroatoms. The van der Waals surface area contributed by atoms with E-state index in [0.717, 1.165) is 5.56 Å². The minimum absolute atomic E-state index is 0.393. The van der Waals surface area contributed by atoms with Gasteiger partial charge in [0.1, 0.15) is 0 Å². The summed E-state index contributed by atoms with van der Waals surface area (Å²) in [5.74, 6) is 0. The van der Waals surface area contributed by atoms with E-state index in [-0.39, 0.29) is 0 Å². The van der Waals surface area contributed by atoms with Crippen molar-refractivity contribution in [3.8, 4) is 0 Å². The van der Waals surface area contributed by atoms with Crippen LogP contribution in [-0.2, 0) is 0 Å². The Morgan fingerprint density at radius 3 is 3.00 bits per heavy atom. The van der Waals surface area contributed by atoms with E-state index < -0.39 is 6.10 Å². The Morgan fingerprint density at radius 2 is 2.45 bits per heavy atom. The highest BCUT2D eigenvalue weighted by molar-refractivity contribution is 5.47. The molecule has 11 heavy (non-hydrogen) atoms. The first-order valence-electron chi connectivity index (χ1n) is 3.55. The average Bonchev–Trinajstić information content (AvgIpc) is 2.03. The van der Waals surface area contributed by atoms with Crippen LogP contribution >= 0.6 is 0 Å². The SMILES string of the molecule is CC(O)/C=C/c1cccnc1. The van der Waals surface area contributed by atoms with Crippen LogP contribution in [0.3, 0.4) is 0 Å². The van der Waals surface area contributed by atoms with Crippen LogP contribution in [0.2, 0.25) is 0 Å². The molecule has 0 saturated heterocycles. The lowest BCUT2D eigenvalue weighted by molar-refractivity contribution is 0.245. The monoisotopic (exact) mass is 149 g/mol. The molecular weight excluding hydrogens is 138 g/mol. The smallest absolute Gasteiger partial charge is 0.0696 e. The molecule has 2 nitrogen and oxygen atoms in total. The molecule has 0 bridgehead atoms. The number of pyridine rings is 1. The summed E-state index contributed by atoms with van der Waals surface area (Å²) < 4.78 is 0. The van der Waals surface area contributed by atoms with E-state index in [1.807, 2.05) is 18.2 Å². The zero-order valence-corrected chi connectivity index (χ0v) is 6.44. The zero-order chi connectivity index (χ0) is 8.10. The molecule has 1 rings (SSSR count). The van der Waals surface area contributed by atoms with Crippen molar-refractivity contribution < 1.29 is 5.11 Å². The number of aliphatic hydroxyl groups excluding tert-OH is 1. The highest BCUT2D eigenvalue weighted by atomic mass is 16.3. The third-order valence-corrected chi connectivity index (χ3v) is 1.25. The maximum Gasteiger partial charge on any atom is 0.0696 e. The average molecular weight is 149 g/mol. The second-order valence-electron chi connectivity index (χ2n) is 2.39. The second kappa shape index (κ2) is 3.88. The fraction of sp³-hybridized carbons (Fsp3) is 0.222. The van der Waals surface area contributed by atoms with E-state index in [0.29, 0.717) is 0 Å². The van der Waals surface area contributed by atoms with Crippen molar-refractivity contribution in [3.05, 3.63) is 36.2 Å².